The lowest BCUT2D eigenvalue weighted by Crippen LogP contribution is -2.34. The zero-order chi connectivity index (χ0) is 20.1. The van der Waals surface area contributed by atoms with E-state index in [9.17, 15) is 14.0 Å². The van der Waals surface area contributed by atoms with Crippen LogP contribution in [0.5, 0.6) is 0 Å². The molecule has 1 aromatic carbocycles. The number of hydrogen-bond donors (Lipinski definition) is 0. The highest BCUT2D eigenvalue weighted by atomic mass is 35.5. The van der Waals surface area contributed by atoms with E-state index in [1.54, 1.807) is 11.0 Å². The first-order chi connectivity index (χ1) is 14.0. The molecule has 1 aliphatic heterocycles. The lowest BCUT2D eigenvalue weighted by atomic mass is 10.1. The summed E-state index contributed by atoms with van der Waals surface area (Å²) in [6, 6.07) is 4.74. The number of aromatic nitrogens is 3. The number of benzene rings is 1. The Morgan fingerprint density at radius 2 is 2.00 bits per heavy atom. The fourth-order valence-electron chi connectivity index (χ4n) is 4.02. The Morgan fingerprint density at radius 3 is 2.69 bits per heavy atom. The van der Waals surface area contributed by atoms with Crippen LogP contribution in [0.4, 0.5) is 4.39 Å². The van der Waals surface area contributed by atoms with E-state index >= 15 is 0 Å². The maximum absolute atomic E-state index is 13.6. The van der Waals surface area contributed by atoms with Gasteiger partial charge in [0.05, 0.1) is 10.4 Å². The molecular weight excluding hydrogens is 395 g/mol. The van der Waals surface area contributed by atoms with Gasteiger partial charge in [-0.3, -0.25) is 14.2 Å². The Hall–Kier alpha value is -2.67. The highest BCUT2D eigenvalue weighted by Crippen LogP contribution is 2.40. The maximum atomic E-state index is 13.6. The Morgan fingerprint density at radius 1 is 1.24 bits per heavy atom. The van der Waals surface area contributed by atoms with Gasteiger partial charge in [-0.1, -0.05) is 17.7 Å². The average Bonchev–Trinajstić information content (AvgIpc) is 3.25. The molecular formula is C21H20ClFN4O2. The van der Waals surface area contributed by atoms with Crippen molar-refractivity contribution in [2.24, 2.45) is 0 Å². The summed E-state index contributed by atoms with van der Waals surface area (Å²) in [5.74, 6) is -0.577. The van der Waals surface area contributed by atoms with Crippen molar-refractivity contribution in [3.63, 3.8) is 0 Å². The van der Waals surface area contributed by atoms with Gasteiger partial charge in [0.1, 0.15) is 24.3 Å². The highest BCUT2D eigenvalue weighted by Gasteiger charge is 2.28. The topological polar surface area (TPSA) is 60.1 Å². The minimum Gasteiger partial charge on any atom is -0.341 e. The molecule has 0 N–H and O–H groups in total. The molecule has 1 amide bonds. The van der Waals surface area contributed by atoms with E-state index in [1.807, 2.05) is 10.8 Å². The minimum atomic E-state index is -0.506. The number of amides is 1. The molecule has 0 atom stereocenters. The molecule has 0 unspecified atom stereocenters. The van der Waals surface area contributed by atoms with Gasteiger partial charge in [-0.25, -0.2) is 9.37 Å². The first kappa shape index (κ1) is 18.4. The summed E-state index contributed by atoms with van der Waals surface area (Å²) in [5.41, 5.74) is 1.65. The molecule has 150 valence electrons. The third-order valence-electron chi connectivity index (χ3n) is 5.74. The molecule has 8 heteroatoms. The van der Waals surface area contributed by atoms with E-state index in [1.165, 1.54) is 23.0 Å². The van der Waals surface area contributed by atoms with Crippen LogP contribution in [0, 0.1) is 5.82 Å². The molecule has 0 bridgehead atoms. The summed E-state index contributed by atoms with van der Waals surface area (Å²) in [5, 5.41) is 0.444. The van der Waals surface area contributed by atoms with Crippen LogP contribution in [-0.4, -0.2) is 38.0 Å². The first-order valence-electron chi connectivity index (χ1n) is 9.86. The molecule has 6 nitrogen and oxygen atoms in total. The predicted octanol–water partition coefficient (Wildman–Crippen LogP) is 3.61. The zero-order valence-electron chi connectivity index (χ0n) is 15.8. The zero-order valence-corrected chi connectivity index (χ0v) is 16.5. The lowest BCUT2D eigenvalue weighted by Gasteiger charge is -2.15. The van der Waals surface area contributed by atoms with Crippen LogP contribution >= 0.6 is 11.6 Å². The van der Waals surface area contributed by atoms with Crippen LogP contribution < -0.4 is 5.56 Å². The van der Waals surface area contributed by atoms with Crippen LogP contribution in [0.1, 0.15) is 31.7 Å². The monoisotopic (exact) mass is 414 g/mol. The van der Waals surface area contributed by atoms with Gasteiger partial charge in [0.15, 0.2) is 0 Å². The summed E-state index contributed by atoms with van der Waals surface area (Å²) >= 11 is 5.98. The molecule has 0 radical (unpaired) electrons. The average molecular weight is 415 g/mol. The van der Waals surface area contributed by atoms with Crippen LogP contribution in [0.2, 0.25) is 5.02 Å². The van der Waals surface area contributed by atoms with E-state index in [0.717, 1.165) is 38.8 Å². The number of hydrogen-bond acceptors (Lipinski definition) is 3. The summed E-state index contributed by atoms with van der Waals surface area (Å²) in [7, 11) is 0. The van der Waals surface area contributed by atoms with Gasteiger partial charge >= 0.3 is 0 Å². The van der Waals surface area contributed by atoms with Gasteiger partial charge < -0.3 is 9.47 Å². The molecule has 1 aliphatic carbocycles. The molecule has 1 saturated heterocycles. The Balaban J connectivity index is 1.63. The maximum Gasteiger partial charge on any atom is 0.263 e. The minimum absolute atomic E-state index is 0.00301. The number of halogens is 2. The highest BCUT2D eigenvalue weighted by molar-refractivity contribution is 6.31. The smallest absolute Gasteiger partial charge is 0.263 e. The Kier molecular flexibility index (Phi) is 4.42. The lowest BCUT2D eigenvalue weighted by molar-refractivity contribution is -0.130. The van der Waals surface area contributed by atoms with Gasteiger partial charge in [-0.2, -0.15) is 0 Å². The van der Waals surface area contributed by atoms with Gasteiger partial charge in [0.2, 0.25) is 5.91 Å². The summed E-state index contributed by atoms with van der Waals surface area (Å²) in [4.78, 5) is 32.2. The largest absolute Gasteiger partial charge is 0.341 e. The van der Waals surface area contributed by atoms with E-state index in [-0.39, 0.29) is 23.0 Å². The van der Waals surface area contributed by atoms with E-state index in [2.05, 4.69) is 4.98 Å². The second-order valence-electron chi connectivity index (χ2n) is 7.77. The van der Waals surface area contributed by atoms with Crippen LogP contribution in [0.15, 0.2) is 35.5 Å². The number of nitrogens with zero attached hydrogens (tertiary/aromatic N) is 4. The first-order valence-corrected chi connectivity index (χ1v) is 10.2. The van der Waals surface area contributed by atoms with Crippen molar-refractivity contribution in [2.45, 2.75) is 38.3 Å². The summed E-state index contributed by atoms with van der Waals surface area (Å²) in [6.45, 7) is 1.45. The van der Waals surface area contributed by atoms with Crippen LogP contribution in [0.25, 0.3) is 22.2 Å². The van der Waals surface area contributed by atoms with Gasteiger partial charge in [-0.05, 0) is 43.4 Å². The molecule has 5 rings (SSSR count). The van der Waals surface area contributed by atoms with Crippen molar-refractivity contribution in [3.8, 4) is 11.1 Å². The molecule has 2 aliphatic rings. The van der Waals surface area contributed by atoms with Crippen molar-refractivity contribution < 1.29 is 9.18 Å². The normalized spacial score (nSPS) is 16.7. The molecule has 0 spiro atoms. The SMILES string of the molecule is O=C(Cn1cnc2c(c(-c3ccc(F)c(Cl)c3)cn2C2CC2)c1=O)N1CCCC1. The fourth-order valence-corrected chi connectivity index (χ4v) is 4.20. The Labute approximate surface area is 171 Å². The quantitative estimate of drug-likeness (QED) is 0.655. The predicted molar refractivity (Wildman–Crippen MR) is 108 cm³/mol. The summed E-state index contributed by atoms with van der Waals surface area (Å²) < 4.78 is 17.0. The molecule has 3 aromatic rings. The van der Waals surface area contributed by atoms with Crippen molar-refractivity contribution in [2.75, 3.05) is 13.1 Å². The van der Waals surface area contributed by atoms with Gasteiger partial charge in [0.25, 0.3) is 5.56 Å². The number of fused-ring (bicyclic) bond motifs is 1. The molecule has 2 fully saturated rings. The fraction of sp³-hybridized carbons (Fsp3) is 0.381. The third-order valence-corrected chi connectivity index (χ3v) is 6.02. The third kappa shape index (κ3) is 3.23. The molecule has 2 aromatic heterocycles. The second kappa shape index (κ2) is 6.99. The molecule has 29 heavy (non-hydrogen) atoms. The Bertz CT molecular complexity index is 1180. The van der Waals surface area contributed by atoms with Crippen molar-refractivity contribution >= 4 is 28.5 Å². The second-order valence-corrected chi connectivity index (χ2v) is 8.18. The van der Waals surface area contributed by atoms with E-state index in [0.29, 0.717) is 28.2 Å². The molecule has 1 saturated carbocycles. The van der Waals surface area contributed by atoms with E-state index < -0.39 is 5.82 Å². The van der Waals surface area contributed by atoms with Crippen LogP contribution in [-0.2, 0) is 11.3 Å². The number of carbonyl (C=O) groups excluding carboxylic acids is 1. The van der Waals surface area contributed by atoms with Gasteiger partial charge in [0, 0.05) is 30.9 Å². The van der Waals surface area contributed by atoms with Crippen molar-refractivity contribution in [3.05, 3.63) is 51.9 Å². The summed E-state index contributed by atoms with van der Waals surface area (Å²) in [6.07, 6.45) is 7.42. The number of likely N-dealkylation sites (tertiary alicyclic amines) is 1. The van der Waals surface area contributed by atoms with Gasteiger partial charge in [-0.15, -0.1) is 0 Å². The van der Waals surface area contributed by atoms with Crippen molar-refractivity contribution in [1.82, 2.24) is 19.0 Å². The van der Waals surface area contributed by atoms with Crippen LogP contribution in [0.3, 0.4) is 0 Å². The number of carbonyl (C=O) groups is 1. The standard InChI is InChI=1S/C21H20ClFN4O2/c22-16-9-13(3-6-17(16)23)15-10-27(14-4-5-14)20-19(15)21(29)26(12-24-20)11-18(28)25-7-1-2-8-25/h3,6,9-10,12,14H,1-2,4-5,7-8,11H2. The van der Waals surface area contributed by atoms with E-state index in [4.69, 9.17) is 11.6 Å². The molecule has 3 heterocycles. The van der Waals surface area contributed by atoms with Crippen molar-refractivity contribution in [1.29, 1.82) is 0 Å². The number of rotatable bonds is 4.